The van der Waals surface area contributed by atoms with Crippen LogP contribution < -0.4 is 5.32 Å². The standard InChI is InChI=1S/C13H13ClN4S/c1-2-18-7-9(6-17-18)5-15-12-10(14)3-4-11-13(12)16-8-19-11/h3-4,6-8,15H,2,5H2,1H3. The van der Waals surface area contributed by atoms with Crippen molar-refractivity contribution in [3.63, 3.8) is 0 Å². The van der Waals surface area contributed by atoms with E-state index < -0.39 is 0 Å². The van der Waals surface area contributed by atoms with Gasteiger partial charge in [-0.25, -0.2) is 4.98 Å². The summed E-state index contributed by atoms with van der Waals surface area (Å²) in [6.45, 7) is 3.63. The van der Waals surface area contributed by atoms with Crippen LogP contribution >= 0.6 is 22.9 Å². The van der Waals surface area contributed by atoms with E-state index in [1.54, 1.807) is 11.3 Å². The number of anilines is 1. The summed E-state index contributed by atoms with van der Waals surface area (Å²) in [7, 11) is 0. The quantitative estimate of drug-likeness (QED) is 0.796. The summed E-state index contributed by atoms with van der Waals surface area (Å²) < 4.78 is 3.04. The zero-order valence-corrected chi connectivity index (χ0v) is 12.0. The zero-order valence-electron chi connectivity index (χ0n) is 10.4. The first-order valence-electron chi connectivity index (χ1n) is 6.05. The molecule has 6 heteroatoms. The SMILES string of the molecule is CCn1cc(CNc2c(Cl)ccc3scnc23)cn1. The molecule has 0 bridgehead atoms. The van der Waals surface area contributed by atoms with Gasteiger partial charge >= 0.3 is 0 Å². The fourth-order valence-electron chi connectivity index (χ4n) is 1.94. The Morgan fingerprint density at radius 1 is 1.42 bits per heavy atom. The summed E-state index contributed by atoms with van der Waals surface area (Å²) in [5.74, 6) is 0. The topological polar surface area (TPSA) is 42.7 Å². The Balaban J connectivity index is 1.84. The molecule has 3 aromatic rings. The maximum Gasteiger partial charge on any atom is 0.106 e. The molecule has 0 unspecified atom stereocenters. The first-order chi connectivity index (χ1) is 9.28. The predicted molar refractivity (Wildman–Crippen MR) is 79.9 cm³/mol. The van der Waals surface area contributed by atoms with E-state index in [2.05, 4.69) is 22.3 Å². The van der Waals surface area contributed by atoms with E-state index >= 15 is 0 Å². The molecule has 0 saturated carbocycles. The Labute approximate surface area is 120 Å². The Hall–Kier alpha value is -1.59. The number of nitrogens with zero attached hydrogens (tertiary/aromatic N) is 3. The van der Waals surface area contributed by atoms with Crippen molar-refractivity contribution in [1.29, 1.82) is 0 Å². The van der Waals surface area contributed by atoms with E-state index in [0.717, 1.165) is 28.0 Å². The molecule has 98 valence electrons. The third kappa shape index (κ3) is 2.43. The van der Waals surface area contributed by atoms with Crippen molar-refractivity contribution < 1.29 is 0 Å². The molecule has 1 aromatic carbocycles. The smallest absolute Gasteiger partial charge is 0.106 e. The number of hydrogen-bond donors (Lipinski definition) is 1. The number of rotatable bonds is 4. The highest BCUT2D eigenvalue weighted by molar-refractivity contribution is 7.16. The highest BCUT2D eigenvalue weighted by atomic mass is 35.5. The van der Waals surface area contributed by atoms with Crippen LogP contribution in [-0.4, -0.2) is 14.8 Å². The van der Waals surface area contributed by atoms with Crippen LogP contribution in [0.4, 0.5) is 5.69 Å². The van der Waals surface area contributed by atoms with Crippen LogP contribution in [0, 0.1) is 0 Å². The number of halogens is 1. The van der Waals surface area contributed by atoms with Gasteiger partial charge in [0.1, 0.15) is 5.52 Å². The summed E-state index contributed by atoms with van der Waals surface area (Å²) in [6.07, 6.45) is 3.90. The van der Waals surface area contributed by atoms with Gasteiger partial charge in [0.2, 0.25) is 0 Å². The molecule has 1 N–H and O–H groups in total. The van der Waals surface area contributed by atoms with Crippen molar-refractivity contribution >= 4 is 38.8 Å². The second-order valence-corrected chi connectivity index (χ2v) is 5.47. The van der Waals surface area contributed by atoms with Crippen LogP contribution in [0.2, 0.25) is 5.02 Å². The molecule has 19 heavy (non-hydrogen) atoms. The molecule has 0 radical (unpaired) electrons. The van der Waals surface area contributed by atoms with Crippen LogP contribution in [0.1, 0.15) is 12.5 Å². The maximum absolute atomic E-state index is 6.24. The Morgan fingerprint density at radius 3 is 3.11 bits per heavy atom. The fourth-order valence-corrected chi connectivity index (χ4v) is 2.84. The van der Waals surface area contributed by atoms with Crippen molar-refractivity contribution in [3.05, 3.63) is 40.6 Å². The molecule has 0 spiro atoms. The maximum atomic E-state index is 6.24. The highest BCUT2D eigenvalue weighted by Gasteiger charge is 2.08. The third-order valence-corrected chi connectivity index (χ3v) is 4.04. The number of benzene rings is 1. The van der Waals surface area contributed by atoms with Gasteiger partial charge in [0, 0.05) is 24.8 Å². The van der Waals surface area contributed by atoms with Crippen LogP contribution in [0.3, 0.4) is 0 Å². The van der Waals surface area contributed by atoms with Gasteiger partial charge < -0.3 is 5.32 Å². The number of hydrogen-bond acceptors (Lipinski definition) is 4. The summed E-state index contributed by atoms with van der Waals surface area (Å²) in [5.41, 5.74) is 4.79. The molecule has 0 aliphatic carbocycles. The van der Waals surface area contributed by atoms with Crippen LogP contribution in [-0.2, 0) is 13.1 Å². The van der Waals surface area contributed by atoms with Crippen LogP contribution in [0.15, 0.2) is 30.0 Å². The minimum Gasteiger partial charge on any atom is -0.378 e. The Bertz CT molecular complexity index is 704. The van der Waals surface area contributed by atoms with Crippen molar-refractivity contribution in [2.75, 3.05) is 5.32 Å². The molecule has 0 saturated heterocycles. The number of aromatic nitrogens is 3. The van der Waals surface area contributed by atoms with E-state index in [1.165, 1.54) is 0 Å². The molecule has 2 aromatic heterocycles. The summed E-state index contributed by atoms with van der Waals surface area (Å²) in [4.78, 5) is 4.36. The van der Waals surface area contributed by atoms with E-state index in [-0.39, 0.29) is 0 Å². The first-order valence-corrected chi connectivity index (χ1v) is 7.30. The lowest BCUT2D eigenvalue weighted by Gasteiger charge is -2.07. The lowest BCUT2D eigenvalue weighted by Crippen LogP contribution is -2.00. The average Bonchev–Trinajstić information content (AvgIpc) is 3.05. The highest BCUT2D eigenvalue weighted by Crippen LogP contribution is 2.32. The second-order valence-electron chi connectivity index (χ2n) is 4.18. The molecule has 0 aliphatic heterocycles. The van der Waals surface area contributed by atoms with Gasteiger partial charge in [-0.05, 0) is 19.1 Å². The van der Waals surface area contributed by atoms with Crippen LogP contribution in [0.25, 0.3) is 10.2 Å². The van der Waals surface area contributed by atoms with Gasteiger partial charge in [0.15, 0.2) is 0 Å². The molecule has 0 fully saturated rings. The van der Waals surface area contributed by atoms with E-state index in [9.17, 15) is 0 Å². The minimum atomic E-state index is 0.691. The number of thiazole rings is 1. The van der Waals surface area contributed by atoms with Crippen molar-refractivity contribution in [1.82, 2.24) is 14.8 Å². The normalized spacial score (nSPS) is 11.1. The molecule has 2 heterocycles. The molecule has 0 atom stereocenters. The number of fused-ring (bicyclic) bond motifs is 1. The van der Waals surface area contributed by atoms with Crippen molar-refractivity contribution in [2.24, 2.45) is 0 Å². The van der Waals surface area contributed by atoms with Gasteiger partial charge in [0.05, 0.1) is 27.1 Å². The Kier molecular flexibility index (Phi) is 3.40. The zero-order chi connectivity index (χ0) is 13.2. The second kappa shape index (κ2) is 5.19. The lowest BCUT2D eigenvalue weighted by molar-refractivity contribution is 0.659. The average molecular weight is 293 g/mol. The van der Waals surface area contributed by atoms with Gasteiger partial charge in [-0.15, -0.1) is 11.3 Å². The van der Waals surface area contributed by atoms with E-state index in [1.807, 2.05) is 34.7 Å². The monoisotopic (exact) mass is 292 g/mol. The Morgan fingerprint density at radius 2 is 2.32 bits per heavy atom. The van der Waals surface area contributed by atoms with E-state index in [0.29, 0.717) is 11.6 Å². The lowest BCUT2D eigenvalue weighted by atomic mass is 10.2. The third-order valence-electron chi connectivity index (χ3n) is 2.93. The molecular weight excluding hydrogens is 280 g/mol. The summed E-state index contributed by atoms with van der Waals surface area (Å²) >= 11 is 7.85. The molecular formula is C13H13ClN4S. The van der Waals surface area contributed by atoms with Gasteiger partial charge in [-0.1, -0.05) is 11.6 Å². The number of aryl methyl sites for hydroxylation is 1. The van der Waals surface area contributed by atoms with Gasteiger partial charge in [0.25, 0.3) is 0 Å². The van der Waals surface area contributed by atoms with Gasteiger partial charge in [-0.2, -0.15) is 5.10 Å². The summed E-state index contributed by atoms with van der Waals surface area (Å²) in [5, 5.41) is 8.30. The molecule has 3 rings (SSSR count). The fraction of sp³-hybridized carbons (Fsp3) is 0.231. The predicted octanol–water partition coefficient (Wildman–Crippen LogP) is 3.78. The number of nitrogens with one attached hydrogen (secondary N) is 1. The first kappa shape index (κ1) is 12.4. The largest absolute Gasteiger partial charge is 0.378 e. The molecule has 4 nitrogen and oxygen atoms in total. The van der Waals surface area contributed by atoms with E-state index in [4.69, 9.17) is 11.6 Å². The molecule has 0 amide bonds. The summed E-state index contributed by atoms with van der Waals surface area (Å²) in [6, 6.07) is 3.90. The van der Waals surface area contributed by atoms with Crippen LogP contribution in [0.5, 0.6) is 0 Å². The van der Waals surface area contributed by atoms with Crippen molar-refractivity contribution in [3.8, 4) is 0 Å². The van der Waals surface area contributed by atoms with Gasteiger partial charge in [-0.3, -0.25) is 4.68 Å². The molecule has 0 aliphatic rings. The minimum absolute atomic E-state index is 0.691. The van der Waals surface area contributed by atoms with Crippen molar-refractivity contribution in [2.45, 2.75) is 20.0 Å².